The maximum Gasteiger partial charge on any atom is 0.275 e. The molecular formula is C29H40IN6O8S-. The van der Waals surface area contributed by atoms with Gasteiger partial charge in [0.05, 0.1) is 35.6 Å². The van der Waals surface area contributed by atoms with Crippen molar-refractivity contribution in [1.82, 2.24) is 22.3 Å². The number of rotatable bonds is 16. The maximum atomic E-state index is 13.8. The summed E-state index contributed by atoms with van der Waals surface area (Å²) in [6, 6.07) is 4.63. The molecule has 3 aromatic rings. The van der Waals surface area contributed by atoms with Crippen LogP contribution in [0.3, 0.4) is 0 Å². The summed E-state index contributed by atoms with van der Waals surface area (Å²) in [5.74, 6) is 0.876. The van der Waals surface area contributed by atoms with Crippen molar-refractivity contribution in [2.75, 3.05) is 26.3 Å². The van der Waals surface area contributed by atoms with Crippen molar-refractivity contribution in [3.8, 4) is 17.1 Å². The first kappa shape index (κ1) is 35.1. The molecule has 1 aromatic carbocycles. The van der Waals surface area contributed by atoms with Crippen LogP contribution in [0.2, 0.25) is 0 Å². The molecule has 0 radical (unpaired) electrons. The number of piperidine rings is 1. The average molecular weight is 760 g/mol. The largest absolute Gasteiger partial charge is 0.751 e. The van der Waals surface area contributed by atoms with E-state index in [-0.39, 0.29) is 26.7 Å². The maximum absolute atomic E-state index is 13.8. The van der Waals surface area contributed by atoms with Gasteiger partial charge in [0.1, 0.15) is 22.6 Å². The van der Waals surface area contributed by atoms with Crippen molar-refractivity contribution in [2.24, 2.45) is 11.1 Å². The van der Waals surface area contributed by atoms with Gasteiger partial charge in [0, 0.05) is 25.2 Å². The number of benzene rings is 1. The summed E-state index contributed by atoms with van der Waals surface area (Å²) in [4.78, 5) is 26.1. The Balaban J connectivity index is 1.67. The van der Waals surface area contributed by atoms with Crippen LogP contribution in [0, 0.1) is 11.1 Å². The molecule has 0 atom stereocenters. The van der Waals surface area contributed by atoms with Crippen molar-refractivity contribution in [1.29, 1.82) is 0 Å². The summed E-state index contributed by atoms with van der Waals surface area (Å²) in [6.07, 6.45) is 6.12. The van der Waals surface area contributed by atoms with E-state index in [4.69, 9.17) is 14.6 Å². The smallest absolute Gasteiger partial charge is 0.275 e. The highest BCUT2D eigenvalue weighted by molar-refractivity contribution is 14.1. The van der Waals surface area contributed by atoms with Crippen molar-refractivity contribution in [3.63, 3.8) is 0 Å². The molecule has 3 heterocycles. The number of nitrogens with zero attached hydrogens (tertiary/aromatic N) is 5. The zero-order valence-electron chi connectivity index (χ0n) is 25.7. The van der Waals surface area contributed by atoms with Crippen molar-refractivity contribution < 1.29 is 26.3 Å². The Hall–Kier alpha value is -2.77. The summed E-state index contributed by atoms with van der Waals surface area (Å²) in [7, 11) is -3.87. The van der Waals surface area contributed by atoms with Gasteiger partial charge in [-0.05, 0) is 69.6 Å². The second-order valence-corrected chi connectivity index (χ2v) is 13.9. The summed E-state index contributed by atoms with van der Waals surface area (Å²) in [5.41, 5.74) is 2.14. The fourth-order valence-electron chi connectivity index (χ4n) is 5.80. The summed E-state index contributed by atoms with van der Waals surface area (Å²) in [6.45, 7) is 7.57. The third kappa shape index (κ3) is 7.97. The number of ether oxygens (including phenoxy) is 1. The number of sulfonamides is 1. The van der Waals surface area contributed by atoms with E-state index in [0.29, 0.717) is 80.0 Å². The Bertz CT molecular complexity index is 1670. The number of aromatic amines is 1. The minimum absolute atomic E-state index is 0.0698. The molecule has 0 aliphatic carbocycles. The number of nitrogens with one attached hydrogen (secondary N) is 1. The molecule has 45 heavy (non-hydrogen) atoms. The van der Waals surface area contributed by atoms with E-state index in [2.05, 4.69) is 10.1 Å². The minimum Gasteiger partial charge on any atom is -0.751 e. The molecule has 1 saturated heterocycles. The predicted octanol–water partition coefficient (Wildman–Crippen LogP) is 5.10. The number of hydrogen-bond acceptors (Lipinski definition) is 10. The molecular weight excluding hydrogens is 719 g/mol. The van der Waals surface area contributed by atoms with Crippen LogP contribution in [0.5, 0.6) is 5.75 Å². The highest BCUT2D eigenvalue weighted by Crippen LogP contribution is 2.34. The quantitative estimate of drug-likeness (QED) is 0.0498. The van der Waals surface area contributed by atoms with E-state index in [1.165, 1.54) is 22.7 Å². The summed E-state index contributed by atoms with van der Waals surface area (Å²) >= 11 is -1.88. The van der Waals surface area contributed by atoms with E-state index in [0.717, 1.165) is 24.8 Å². The molecule has 248 valence electrons. The lowest BCUT2D eigenvalue weighted by molar-refractivity contribution is -0.0240. The number of halogens is 1. The van der Waals surface area contributed by atoms with Gasteiger partial charge in [0.2, 0.25) is 10.0 Å². The Labute approximate surface area is 273 Å². The molecule has 4 rings (SSSR count). The molecule has 2 aromatic heterocycles. The lowest BCUT2D eigenvalue weighted by atomic mass is 9.93. The Morgan fingerprint density at radius 1 is 1.22 bits per heavy atom. The van der Waals surface area contributed by atoms with Gasteiger partial charge in [0.25, 0.3) is 27.0 Å². The van der Waals surface area contributed by atoms with Crippen LogP contribution in [0.15, 0.2) is 33.0 Å². The van der Waals surface area contributed by atoms with Crippen molar-refractivity contribution in [3.05, 3.63) is 45.0 Å². The van der Waals surface area contributed by atoms with Crippen LogP contribution in [-0.2, 0) is 30.9 Å². The predicted molar refractivity (Wildman–Crippen MR) is 177 cm³/mol. The monoisotopic (exact) mass is 759 g/mol. The van der Waals surface area contributed by atoms with E-state index >= 15 is 0 Å². The van der Waals surface area contributed by atoms with Gasteiger partial charge in [0.15, 0.2) is 0 Å². The van der Waals surface area contributed by atoms with Gasteiger partial charge >= 0.3 is 0 Å². The first-order chi connectivity index (χ1) is 21.7. The normalized spacial score (nSPS) is 15.1. The zero-order chi connectivity index (χ0) is 32.6. The molecule has 1 aliphatic heterocycles. The van der Waals surface area contributed by atoms with Gasteiger partial charge in [-0.2, -0.15) is 7.75 Å². The fourth-order valence-corrected chi connectivity index (χ4v) is 7.60. The SMILES string of the molecule is CCCOc1ccc(S(=O)(=O)N2CCC(CCCON([O-])I=O)CC2)cc1-c1nc2c(CCC)c(/C=N/O)n(CC)c2c(=O)[nH]1. The lowest BCUT2D eigenvalue weighted by Crippen LogP contribution is -2.38. The molecule has 14 nitrogen and oxygen atoms in total. The topological polar surface area (TPSA) is 182 Å². The molecule has 0 bridgehead atoms. The number of fused-ring (bicyclic) bond motifs is 1. The fraction of sp³-hybridized carbons (Fsp3) is 0.552. The minimum atomic E-state index is -3.87. The summed E-state index contributed by atoms with van der Waals surface area (Å²) in [5, 5.41) is 23.6. The number of hydrogen-bond donors (Lipinski definition) is 2. The van der Waals surface area contributed by atoms with Gasteiger partial charge in [-0.3, -0.25) is 12.7 Å². The molecule has 2 N–H and O–H groups in total. The molecule has 0 unspecified atom stereocenters. The Morgan fingerprint density at radius 3 is 2.62 bits per heavy atom. The molecule has 0 spiro atoms. The summed E-state index contributed by atoms with van der Waals surface area (Å²) < 4.78 is 47.5. The van der Waals surface area contributed by atoms with Crippen molar-refractivity contribution in [2.45, 2.75) is 77.2 Å². The van der Waals surface area contributed by atoms with Gasteiger partial charge in [-0.1, -0.05) is 25.4 Å². The third-order valence-corrected chi connectivity index (χ3v) is 10.4. The van der Waals surface area contributed by atoms with Crippen LogP contribution >= 0.6 is 21.5 Å². The Morgan fingerprint density at radius 2 is 1.98 bits per heavy atom. The molecule has 16 heteroatoms. The highest BCUT2D eigenvalue weighted by Gasteiger charge is 2.30. The van der Waals surface area contributed by atoms with E-state index in [1.54, 1.807) is 10.6 Å². The van der Waals surface area contributed by atoms with Gasteiger partial charge in [-0.25, -0.2) is 13.4 Å². The second kappa shape index (κ2) is 16.2. The lowest BCUT2D eigenvalue weighted by Gasteiger charge is -2.31. The van der Waals surface area contributed by atoms with Gasteiger partial charge < -0.3 is 24.7 Å². The van der Waals surface area contributed by atoms with Crippen LogP contribution < -0.4 is 10.3 Å². The van der Waals surface area contributed by atoms with E-state index in [9.17, 15) is 26.7 Å². The molecule has 0 saturated carbocycles. The van der Waals surface area contributed by atoms with Crippen LogP contribution in [0.1, 0.15) is 70.6 Å². The van der Waals surface area contributed by atoms with E-state index in [1.807, 2.05) is 20.8 Å². The molecule has 1 aliphatic rings. The first-order valence-corrected chi connectivity index (χ1v) is 18.5. The number of H-pyrrole nitrogens is 1. The first-order valence-electron chi connectivity index (χ1n) is 15.2. The highest BCUT2D eigenvalue weighted by atomic mass is 127. The van der Waals surface area contributed by atoms with E-state index < -0.39 is 37.0 Å². The standard InChI is InChI=1S/C29H40IN6O8S/c1-4-8-22-24(19-31-39)35(6-3)27-26(22)32-28(33-29(27)37)23-18-21(10-11-25(23)43-16-5-2)45(41,42)34-14-12-20(13-15-34)9-7-17-44-36(40)30-38/h10-11,18-20,39H,4-9,12-17H2,1-3H3,(H,32,33,37)/q-1/b31-19+. The van der Waals surface area contributed by atoms with Crippen LogP contribution in [-0.4, -0.2) is 68.4 Å². The zero-order valence-corrected chi connectivity index (χ0v) is 28.7. The number of aromatic nitrogens is 3. The van der Waals surface area contributed by atoms with Crippen LogP contribution in [0.4, 0.5) is 0 Å². The van der Waals surface area contributed by atoms with Crippen molar-refractivity contribution >= 4 is 48.7 Å². The number of aryl methyl sites for hydroxylation is 2. The van der Waals surface area contributed by atoms with Crippen LogP contribution in [0.25, 0.3) is 22.4 Å². The van der Waals surface area contributed by atoms with Gasteiger partial charge in [-0.15, -0.1) is 0 Å². The number of oxime groups is 1. The average Bonchev–Trinajstić information content (AvgIpc) is 3.34. The molecule has 1 fully saturated rings. The third-order valence-electron chi connectivity index (χ3n) is 7.93. The molecule has 0 amide bonds. The second-order valence-electron chi connectivity index (χ2n) is 10.8. The Kier molecular flexibility index (Phi) is 12.6.